The molecule has 1 aromatic rings. The molecule has 0 saturated carbocycles. The molecule has 1 rings (SSSR count). The highest BCUT2D eigenvalue weighted by atomic mass is 15.3. The van der Waals surface area contributed by atoms with E-state index in [0.717, 1.165) is 25.9 Å². The Morgan fingerprint density at radius 2 is 2.19 bits per heavy atom. The summed E-state index contributed by atoms with van der Waals surface area (Å²) in [6.07, 6.45) is 4.15. The van der Waals surface area contributed by atoms with Gasteiger partial charge in [-0.15, -0.1) is 0 Å². The van der Waals surface area contributed by atoms with Gasteiger partial charge in [0.15, 0.2) is 0 Å². The van der Waals surface area contributed by atoms with E-state index in [1.54, 1.807) is 0 Å². The minimum Gasteiger partial charge on any atom is -0.355 e. The van der Waals surface area contributed by atoms with Crippen LogP contribution in [0.2, 0.25) is 0 Å². The average Bonchev–Trinajstić information content (AvgIpc) is 2.57. The van der Waals surface area contributed by atoms with Gasteiger partial charge in [-0.2, -0.15) is 5.10 Å². The van der Waals surface area contributed by atoms with Gasteiger partial charge in [0.25, 0.3) is 0 Å². The number of amidine groups is 1. The van der Waals surface area contributed by atoms with Gasteiger partial charge in [-0.25, -0.2) is 0 Å². The van der Waals surface area contributed by atoms with Gasteiger partial charge in [-0.1, -0.05) is 13.3 Å². The van der Waals surface area contributed by atoms with Gasteiger partial charge in [-0.3, -0.25) is 10.1 Å². The van der Waals surface area contributed by atoms with Gasteiger partial charge in [-0.05, 0) is 25.8 Å². The second-order valence-electron chi connectivity index (χ2n) is 4.09. The fourth-order valence-corrected chi connectivity index (χ4v) is 1.84. The summed E-state index contributed by atoms with van der Waals surface area (Å²) in [5, 5.41) is 12.0. The Bertz CT molecular complexity index is 354. The van der Waals surface area contributed by atoms with E-state index < -0.39 is 0 Å². The van der Waals surface area contributed by atoms with Crippen LogP contribution in [0.3, 0.4) is 0 Å². The topological polar surface area (TPSA) is 44.9 Å². The predicted molar refractivity (Wildman–Crippen MR) is 66.7 cm³/mol. The van der Waals surface area contributed by atoms with Crippen molar-refractivity contribution < 1.29 is 0 Å². The molecule has 0 aliphatic rings. The fraction of sp³-hybridized carbons (Fsp3) is 0.667. The molecular formula is C12H22N4. The molecule has 0 fully saturated rings. The van der Waals surface area contributed by atoms with Crippen LogP contribution >= 0.6 is 0 Å². The fourth-order valence-electron chi connectivity index (χ4n) is 1.84. The summed E-state index contributed by atoms with van der Waals surface area (Å²) in [5.41, 5.74) is 2.54. The first-order chi connectivity index (χ1) is 7.60. The largest absolute Gasteiger partial charge is 0.355 e. The molecule has 0 amide bonds. The number of aromatic nitrogens is 2. The first-order valence-electron chi connectivity index (χ1n) is 5.90. The van der Waals surface area contributed by atoms with E-state index in [1.165, 1.54) is 11.3 Å². The van der Waals surface area contributed by atoms with Crippen LogP contribution in [0, 0.1) is 5.41 Å². The van der Waals surface area contributed by atoms with Gasteiger partial charge in [0.1, 0.15) is 0 Å². The summed E-state index contributed by atoms with van der Waals surface area (Å²) in [6.45, 7) is 7.74. The maximum Gasteiger partial charge on any atom is 0.0929 e. The maximum atomic E-state index is 7.69. The zero-order valence-electron chi connectivity index (χ0n) is 10.7. The summed E-state index contributed by atoms with van der Waals surface area (Å²) >= 11 is 0. The molecule has 1 aromatic heterocycles. The summed E-state index contributed by atoms with van der Waals surface area (Å²) in [6, 6.07) is 0. The first kappa shape index (κ1) is 12.7. The Labute approximate surface area is 97.8 Å². The highest BCUT2D eigenvalue weighted by molar-refractivity contribution is 5.76. The Hall–Kier alpha value is -1.32. The van der Waals surface area contributed by atoms with Gasteiger partial charge < -0.3 is 4.90 Å². The van der Waals surface area contributed by atoms with Crippen LogP contribution in [-0.2, 0) is 20.0 Å². The number of rotatable bonds is 5. The third-order valence-electron chi connectivity index (χ3n) is 2.86. The second kappa shape index (κ2) is 5.68. The molecule has 0 aliphatic heterocycles. The zero-order chi connectivity index (χ0) is 12.1. The molecule has 0 spiro atoms. The lowest BCUT2D eigenvalue weighted by Crippen LogP contribution is -2.28. The lowest BCUT2D eigenvalue weighted by Gasteiger charge is -2.22. The second-order valence-corrected chi connectivity index (χ2v) is 4.09. The molecule has 4 nitrogen and oxygen atoms in total. The summed E-state index contributed by atoms with van der Waals surface area (Å²) in [4.78, 5) is 2.05. The maximum absolute atomic E-state index is 7.69. The number of hydrogen-bond acceptors (Lipinski definition) is 2. The molecule has 4 heteroatoms. The predicted octanol–water partition coefficient (Wildman–Crippen LogP) is 2.19. The molecule has 0 aliphatic carbocycles. The van der Waals surface area contributed by atoms with Crippen molar-refractivity contribution in [1.82, 2.24) is 14.7 Å². The van der Waals surface area contributed by atoms with Crippen molar-refractivity contribution >= 4 is 5.84 Å². The van der Waals surface area contributed by atoms with Crippen molar-refractivity contribution in [3.8, 4) is 0 Å². The number of nitrogens with zero attached hydrogens (tertiary/aromatic N) is 3. The summed E-state index contributed by atoms with van der Waals surface area (Å²) in [7, 11) is 1.97. The van der Waals surface area contributed by atoms with Gasteiger partial charge in [0, 0.05) is 13.6 Å². The Morgan fingerprint density at radius 3 is 2.69 bits per heavy atom. The van der Waals surface area contributed by atoms with Crippen LogP contribution < -0.4 is 0 Å². The van der Waals surface area contributed by atoms with E-state index >= 15 is 0 Å². The van der Waals surface area contributed by atoms with E-state index in [4.69, 9.17) is 5.41 Å². The minimum atomic E-state index is 0.617. The molecule has 1 heterocycles. The number of nitrogens with one attached hydrogen (secondary N) is 1. The summed E-state index contributed by atoms with van der Waals surface area (Å²) in [5.74, 6) is 0.617. The highest BCUT2D eigenvalue weighted by Gasteiger charge is 2.12. The molecule has 16 heavy (non-hydrogen) atoms. The average molecular weight is 222 g/mol. The van der Waals surface area contributed by atoms with E-state index in [0.29, 0.717) is 5.84 Å². The molecule has 0 saturated heterocycles. The SMILES string of the molecule is CCCc1cnn(C)c1CN(CC)C(C)=N. The Kier molecular flexibility index (Phi) is 4.52. The summed E-state index contributed by atoms with van der Waals surface area (Å²) < 4.78 is 1.93. The van der Waals surface area contributed by atoms with Crippen LogP contribution in [0.5, 0.6) is 0 Å². The van der Waals surface area contributed by atoms with Crippen LogP contribution in [0.15, 0.2) is 6.20 Å². The van der Waals surface area contributed by atoms with Crippen molar-refractivity contribution in [2.75, 3.05) is 6.54 Å². The standard InChI is InChI=1S/C12H22N4/c1-5-7-11-8-14-15(4)12(11)9-16(6-2)10(3)13/h8,13H,5-7,9H2,1-4H3. The third-order valence-corrected chi connectivity index (χ3v) is 2.86. The Balaban J connectivity index is 2.85. The molecule has 0 radical (unpaired) electrons. The van der Waals surface area contributed by atoms with Gasteiger partial charge in [0.2, 0.25) is 0 Å². The molecule has 0 bridgehead atoms. The van der Waals surface area contributed by atoms with Crippen LogP contribution in [-0.4, -0.2) is 27.1 Å². The molecule has 0 unspecified atom stereocenters. The smallest absolute Gasteiger partial charge is 0.0929 e. The van der Waals surface area contributed by atoms with E-state index in [-0.39, 0.29) is 0 Å². The lowest BCUT2D eigenvalue weighted by molar-refractivity contribution is 0.412. The van der Waals surface area contributed by atoms with E-state index in [1.807, 2.05) is 24.9 Å². The highest BCUT2D eigenvalue weighted by Crippen LogP contribution is 2.13. The first-order valence-corrected chi connectivity index (χ1v) is 5.90. The van der Waals surface area contributed by atoms with Crippen LogP contribution in [0.25, 0.3) is 0 Å². The number of aryl methyl sites for hydroxylation is 2. The minimum absolute atomic E-state index is 0.617. The van der Waals surface area contributed by atoms with Crippen molar-refractivity contribution in [2.24, 2.45) is 7.05 Å². The quantitative estimate of drug-likeness (QED) is 0.613. The number of hydrogen-bond donors (Lipinski definition) is 1. The molecule has 90 valence electrons. The van der Waals surface area contributed by atoms with Crippen molar-refractivity contribution in [2.45, 2.75) is 40.2 Å². The molecule has 0 aromatic carbocycles. The van der Waals surface area contributed by atoms with Crippen LogP contribution in [0.4, 0.5) is 0 Å². The van der Waals surface area contributed by atoms with Crippen molar-refractivity contribution in [3.63, 3.8) is 0 Å². The van der Waals surface area contributed by atoms with Gasteiger partial charge >= 0.3 is 0 Å². The lowest BCUT2D eigenvalue weighted by atomic mass is 10.1. The van der Waals surface area contributed by atoms with Crippen molar-refractivity contribution in [3.05, 3.63) is 17.5 Å². The Morgan fingerprint density at radius 1 is 1.50 bits per heavy atom. The van der Waals surface area contributed by atoms with Crippen molar-refractivity contribution in [1.29, 1.82) is 5.41 Å². The van der Waals surface area contributed by atoms with Gasteiger partial charge in [0.05, 0.1) is 24.3 Å². The van der Waals surface area contributed by atoms with E-state index in [9.17, 15) is 0 Å². The molecular weight excluding hydrogens is 200 g/mol. The molecule has 1 N–H and O–H groups in total. The van der Waals surface area contributed by atoms with E-state index in [2.05, 4.69) is 23.8 Å². The third kappa shape index (κ3) is 2.84. The normalized spacial score (nSPS) is 10.5. The zero-order valence-corrected chi connectivity index (χ0v) is 10.7. The van der Waals surface area contributed by atoms with Crippen LogP contribution in [0.1, 0.15) is 38.4 Å². The molecule has 0 atom stereocenters. The monoisotopic (exact) mass is 222 g/mol.